The lowest BCUT2D eigenvalue weighted by atomic mass is 10.4. The highest BCUT2D eigenvalue weighted by molar-refractivity contribution is 7.99. The molecule has 0 aliphatic carbocycles. The average Bonchev–Trinajstić information content (AvgIpc) is 2.27. The van der Waals surface area contributed by atoms with E-state index in [0.717, 1.165) is 31.1 Å². The molecule has 1 heterocycles. The van der Waals surface area contributed by atoms with E-state index < -0.39 is 0 Å². The van der Waals surface area contributed by atoms with Gasteiger partial charge in [0, 0.05) is 30.5 Å². The number of thioether (sulfide) groups is 1. The van der Waals surface area contributed by atoms with Gasteiger partial charge in [-0.1, -0.05) is 6.92 Å². The Morgan fingerprint density at radius 2 is 2.40 bits per heavy atom. The Labute approximate surface area is 95.6 Å². The van der Waals surface area contributed by atoms with Crippen LogP contribution < -0.4 is 5.32 Å². The minimum atomic E-state index is 0.782. The van der Waals surface area contributed by atoms with E-state index >= 15 is 0 Å². The lowest BCUT2D eigenvalue weighted by molar-refractivity contribution is 0.218. The van der Waals surface area contributed by atoms with Crippen molar-refractivity contribution in [1.82, 2.24) is 4.98 Å². The van der Waals surface area contributed by atoms with Gasteiger partial charge in [-0.15, -0.1) is 11.8 Å². The fourth-order valence-corrected chi connectivity index (χ4v) is 1.93. The molecule has 1 rings (SSSR count). The molecule has 0 unspecified atom stereocenters. The van der Waals surface area contributed by atoms with Gasteiger partial charge in [-0.2, -0.15) is 0 Å². The molecule has 0 fully saturated rings. The van der Waals surface area contributed by atoms with Gasteiger partial charge in [0.25, 0.3) is 0 Å². The Kier molecular flexibility index (Phi) is 6.20. The molecule has 0 atom stereocenters. The third kappa shape index (κ3) is 5.04. The number of aromatic nitrogens is 1. The third-order valence-corrected chi connectivity index (χ3v) is 2.80. The highest BCUT2D eigenvalue weighted by Crippen LogP contribution is 2.19. The van der Waals surface area contributed by atoms with Crippen LogP contribution in [0.5, 0.6) is 0 Å². The van der Waals surface area contributed by atoms with Gasteiger partial charge in [-0.25, -0.2) is 4.98 Å². The standard InChI is InChI=1S/C11H18N2OS/c1-3-5-12-11-9-10(4-6-13-11)15-8-7-14-2/h4,6,9H,3,5,7-8H2,1-2H3,(H,12,13). The number of hydrogen-bond acceptors (Lipinski definition) is 4. The monoisotopic (exact) mass is 226 g/mol. The molecule has 1 aromatic rings. The first-order valence-corrected chi connectivity index (χ1v) is 6.17. The second-order valence-electron chi connectivity index (χ2n) is 3.14. The molecule has 15 heavy (non-hydrogen) atoms. The van der Waals surface area contributed by atoms with Gasteiger partial charge in [0.2, 0.25) is 0 Å². The Bertz CT molecular complexity index is 281. The van der Waals surface area contributed by atoms with Gasteiger partial charge >= 0.3 is 0 Å². The first kappa shape index (κ1) is 12.3. The van der Waals surface area contributed by atoms with Crippen LogP contribution >= 0.6 is 11.8 Å². The zero-order chi connectivity index (χ0) is 10.9. The number of pyridine rings is 1. The zero-order valence-electron chi connectivity index (χ0n) is 9.32. The van der Waals surface area contributed by atoms with Crippen LogP contribution in [0.2, 0.25) is 0 Å². The van der Waals surface area contributed by atoms with E-state index in [1.54, 1.807) is 18.9 Å². The molecule has 4 heteroatoms. The summed E-state index contributed by atoms with van der Waals surface area (Å²) in [4.78, 5) is 5.49. The molecule has 1 N–H and O–H groups in total. The minimum absolute atomic E-state index is 0.782. The molecule has 0 radical (unpaired) electrons. The fourth-order valence-electron chi connectivity index (χ4n) is 1.09. The molecule has 0 aromatic carbocycles. The van der Waals surface area contributed by atoms with Crippen molar-refractivity contribution in [1.29, 1.82) is 0 Å². The summed E-state index contributed by atoms with van der Waals surface area (Å²) in [6, 6.07) is 4.10. The largest absolute Gasteiger partial charge is 0.384 e. The second kappa shape index (κ2) is 7.54. The lowest BCUT2D eigenvalue weighted by Crippen LogP contribution is -2.01. The molecule has 0 aliphatic rings. The summed E-state index contributed by atoms with van der Waals surface area (Å²) in [7, 11) is 1.72. The maximum Gasteiger partial charge on any atom is 0.126 e. The summed E-state index contributed by atoms with van der Waals surface area (Å²) in [5, 5.41) is 3.27. The molecular weight excluding hydrogens is 208 g/mol. The fraction of sp³-hybridized carbons (Fsp3) is 0.545. The van der Waals surface area contributed by atoms with Crippen molar-refractivity contribution in [3.8, 4) is 0 Å². The Hall–Kier alpha value is -0.740. The first-order chi connectivity index (χ1) is 7.36. The number of anilines is 1. The molecule has 0 saturated heterocycles. The van der Waals surface area contributed by atoms with E-state index in [1.807, 2.05) is 12.3 Å². The van der Waals surface area contributed by atoms with E-state index in [9.17, 15) is 0 Å². The molecule has 0 spiro atoms. The van der Waals surface area contributed by atoms with Crippen LogP contribution in [0.1, 0.15) is 13.3 Å². The van der Waals surface area contributed by atoms with Gasteiger partial charge in [0.05, 0.1) is 6.61 Å². The number of nitrogens with one attached hydrogen (secondary N) is 1. The van der Waals surface area contributed by atoms with Crippen LogP contribution in [0.3, 0.4) is 0 Å². The van der Waals surface area contributed by atoms with Gasteiger partial charge < -0.3 is 10.1 Å². The van der Waals surface area contributed by atoms with Gasteiger partial charge in [-0.05, 0) is 18.6 Å². The number of methoxy groups -OCH3 is 1. The van der Waals surface area contributed by atoms with E-state index in [1.165, 1.54) is 4.90 Å². The van der Waals surface area contributed by atoms with Gasteiger partial charge in [0.1, 0.15) is 5.82 Å². The zero-order valence-corrected chi connectivity index (χ0v) is 10.1. The van der Waals surface area contributed by atoms with Crippen LogP contribution in [-0.2, 0) is 4.74 Å². The van der Waals surface area contributed by atoms with E-state index in [-0.39, 0.29) is 0 Å². The number of rotatable bonds is 7. The predicted octanol–water partition coefficient (Wildman–Crippen LogP) is 2.64. The third-order valence-electron chi connectivity index (χ3n) is 1.84. The van der Waals surface area contributed by atoms with Crippen LogP contribution in [0.4, 0.5) is 5.82 Å². The smallest absolute Gasteiger partial charge is 0.126 e. The summed E-state index contributed by atoms with van der Waals surface area (Å²) >= 11 is 1.79. The molecule has 0 amide bonds. The summed E-state index contributed by atoms with van der Waals surface area (Å²) in [5.41, 5.74) is 0. The maximum absolute atomic E-state index is 5.01. The van der Waals surface area contributed by atoms with E-state index in [2.05, 4.69) is 23.3 Å². The SMILES string of the molecule is CCCNc1cc(SCCOC)ccn1. The van der Waals surface area contributed by atoms with Gasteiger partial charge in [0.15, 0.2) is 0 Å². The average molecular weight is 226 g/mol. The van der Waals surface area contributed by atoms with Crippen LogP contribution in [0, 0.1) is 0 Å². The van der Waals surface area contributed by atoms with Gasteiger partial charge in [-0.3, -0.25) is 0 Å². The van der Waals surface area contributed by atoms with Crippen molar-refractivity contribution < 1.29 is 4.74 Å². The van der Waals surface area contributed by atoms with E-state index in [4.69, 9.17) is 4.74 Å². The molecule has 0 aliphatic heterocycles. The maximum atomic E-state index is 5.01. The number of nitrogens with zero attached hydrogens (tertiary/aromatic N) is 1. The first-order valence-electron chi connectivity index (χ1n) is 5.18. The number of hydrogen-bond donors (Lipinski definition) is 1. The Balaban J connectivity index is 2.42. The summed E-state index contributed by atoms with van der Waals surface area (Å²) in [6.07, 6.45) is 2.95. The molecule has 3 nitrogen and oxygen atoms in total. The molecule has 1 aromatic heterocycles. The highest BCUT2D eigenvalue weighted by Gasteiger charge is 1.97. The quantitative estimate of drug-likeness (QED) is 0.572. The second-order valence-corrected chi connectivity index (χ2v) is 4.31. The molecular formula is C11H18N2OS. The van der Waals surface area contributed by atoms with Crippen LogP contribution in [-0.4, -0.2) is 31.0 Å². The summed E-state index contributed by atoms with van der Waals surface area (Å²) < 4.78 is 5.01. The lowest BCUT2D eigenvalue weighted by Gasteiger charge is -2.05. The highest BCUT2D eigenvalue weighted by atomic mass is 32.2. The topological polar surface area (TPSA) is 34.1 Å². The predicted molar refractivity (Wildman–Crippen MR) is 65.6 cm³/mol. The van der Waals surface area contributed by atoms with Crippen molar-refractivity contribution >= 4 is 17.6 Å². The van der Waals surface area contributed by atoms with Crippen LogP contribution in [0.25, 0.3) is 0 Å². The van der Waals surface area contributed by atoms with Crippen molar-refractivity contribution in [3.05, 3.63) is 18.3 Å². The Morgan fingerprint density at radius 1 is 1.53 bits per heavy atom. The molecule has 0 bridgehead atoms. The molecule has 84 valence electrons. The minimum Gasteiger partial charge on any atom is -0.384 e. The van der Waals surface area contributed by atoms with Crippen molar-refractivity contribution in [2.45, 2.75) is 18.2 Å². The molecule has 0 saturated carbocycles. The van der Waals surface area contributed by atoms with Crippen LogP contribution in [0.15, 0.2) is 23.2 Å². The normalized spacial score (nSPS) is 10.3. The number of ether oxygens (including phenoxy) is 1. The van der Waals surface area contributed by atoms with Crippen molar-refractivity contribution in [2.75, 3.05) is 31.3 Å². The van der Waals surface area contributed by atoms with Crippen molar-refractivity contribution in [2.24, 2.45) is 0 Å². The summed E-state index contributed by atoms with van der Waals surface area (Å²) in [6.45, 7) is 3.90. The summed E-state index contributed by atoms with van der Waals surface area (Å²) in [5.74, 6) is 1.94. The van der Waals surface area contributed by atoms with Crippen molar-refractivity contribution in [3.63, 3.8) is 0 Å². The Morgan fingerprint density at radius 3 is 3.13 bits per heavy atom. The van der Waals surface area contributed by atoms with E-state index in [0.29, 0.717) is 0 Å².